The SMILES string of the molecule is O=S(C1CC1)n1cc2c(Br)cncc2n1. The van der Waals surface area contributed by atoms with Crippen LogP contribution in [-0.4, -0.2) is 23.6 Å². The van der Waals surface area contributed by atoms with Gasteiger partial charge >= 0.3 is 0 Å². The number of rotatable bonds is 2. The molecule has 0 bridgehead atoms. The summed E-state index contributed by atoms with van der Waals surface area (Å²) in [5.41, 5.74) is 0.776. The number of nitrogens with zero attached hydrogens (tertiary/aromatic N) is 3. The zero-order valence-electron chi connectivity index (χ0n) is 7.76. The van der Waals surface area contributed by atoms with Crippen LogP contribution in [0.5, 0.6) is 0 Å². The maximum absolute atomic E-state index is 11.9. The van der Waals surface area contributed by atoms with E-state index in [0.717, 1.165) is 28.2 Å². The van der Waals surface area contributed by atoms with Gasteiger partial charge < -0.3 is 0 Å². The number of pyridine rings is 1. The molecule has 78 valence electrons. The highest BCUT2D eigenvalue weighted by Gasteiger charge is 2.30. The van der Waals surface area contributed by atoms with E-state index in [-0.39, 0.29) is 0 Å². The minimum Gasteiger partial charge on any atom is -0.261 e. The van der Waals surface area contributed by atoms with Gasteiger partial charge in [0.1, 0.15) is 16.5 Å². The molecule has 1 atom stereocenters. The smallest absolute Gasteiger partial charge is 0.143 e. The molecule has 0 spiro atoms. The van der Waals surface area contributed by atoms with Gasteiger partial charge in [0.25, 0.3) is 0 Å². The van der Waals surface area contributed by atoms with Gasteiger partial charge in [-0.15, -0.1) is 0 Å². The summed E-state index contributed by atoms with van der Waals surface area (Å²) < 4.78 is 14.3. The number of aromatic nitrogens is 3. The van der Waals surface area contributed by atoms with Gasteiger partial charge in [0.2, 0.25) is 0 Å². The number of fused-ring (bicyclic) bond motifs is 1. The molecule has 0 aromatic carbocycles. The van der Waals surface area contributed by atoms with E-state index in [1.165, 1.54) is 0 Å². The predicted molar refractivity (Wildman–Crippen MR) is 61.8 cm³/mol. The van der Waals surface area contributed by atoms with Crippen LogP contribution < -0.4 is 0 Å². The van der Waals surface area contributed by atoms with Crippen LogP contribution in [0.1, 0.15) is 12.8 Å². The summed E-state index contributed by atoms with van der Waals surface area (Å²) >= 11 is 3.40. The van der Waals surface area contributed by atoms with Crippen molar-refractivity contribution in [2.45, 2.75) is 18.1 Å². The van der Waals surface area contributed by atoms with Gasteiger partial charge in [0, 0.05) is 22.3 Å². The maximum Gasteiger partial charge on any atom is 0.143 e. The average Bonchev–Trinajstić information content (AvgIpc) is 2.97. The molecular formula is C9H8BrN3OS. The first-order chi connectivity index (χ1) is 7.25. The minimum absolute atomic E-state index is 0.297. The largest absolute Gasteiger partial charge is 0.261 e. The number of hydrogen-bond donors (Lipinski definition) is 0. The lowest BCUT2D eigenvalue weighted by atomic mass is 10.3. The first-order valence-corrected chi connectivity index (χ1v) is 6.62. The van der Waals surface area contributed by atoms with E-state index in [4.69, 9.17) is 0 Å². The van der Waals surface area contributed by atoms with Gasteiger partial charge in [-0.1, -0.05) is 0 Å². The van der Waals surface area contributed by atoms with Gasteiger partial charge in [-0.2, -0.15) is 9.19 Å². The molecule has 1 saturated carbocycles. The normalized spacial score (nSPS) is 18.2. The lowest BCUT2D eigenvalue weighted by Gasteiger charge is -1.96. The molecular weight excluding hydrogens is 278 g/mol. The van der Waals surface area contributed by atoms with Crippen LogP contribution in [0, 0.1) is 0 Å². The first-order valence-electron chi connectivity index (χ1n) is 4.65. The van der Waals surface area contributed by atoms with Crippen LogP contribution >= 0.6 is 15.9 Å². The summed E-state index contributed by atoms with van der Waals surface area (Å²) in [4.78, 5) is 4.02. The summed E-state index contributed by atoms with van der Waals surface area (Å²) in [6.07, 6.45) is 7.30. The molecule has 0 amide bonds. The molecule has 1 fully saturated rings. The number of halogens is 1. The average molecular weight is 286 g/mol. The summed E-state index contributed by atoms with van der Waals surface area (Å²) in [6.45, 7) is 0. The van der Waals surface area contributed by atoms with Gasteiger partial charge in [-0.05, 0) is 28.8 Å². The Kier molecular flexibility index (Phi) is 2.14. The van der Waals surface area contributed by atoms with E-state index in [0.29, 0.717) is 5.25 Å². The van der Waals surface area contributed by atoms with Crippen LogP contribution in [0.25, 0.3) is 10.9 Å². The van der Waals surface area contributed by atoms with Crippen molar-refractivity contribution >= 4 is 37.8 Å². The van der Waals surface area contributed by atoms with Crippen molar-refractivity contribution in [1.82, 2.24) is 14.2 Å². The van der Waals surface area contributed by atoms with Gasteiger partial charge in [-0.3, -0.25) is 4.98 Å². The zero-order valence-corrected chi connectivity index (χ0v) is 10.2. The Balaban J connectivity index is 2.13. The summed E-state index contributed by atoms with van der Waals surface area (Å²) in [7, 11) is -1.01. The molecule has 0 aliphatic heterocycles. The highest BCUT2D eigenvalue weighted by atomic mass is 79.9. The van der Waals surface area contributed by atoms with Crippen molar-refractivity contribution in [2.24, 2.45) is 0 Å². The first kappa shape index (κ1) is 9.47. The predicted octanol–water partition coefficient (Wildman–Crippen LogP) is 1.87. The molecule has 3 rings (SSSR count). The van der Waals surface area contributed by atoms with Crippen molar-refractivity contribution in [1.29, 1.82) is 0 Å². The molecule has 6 heteroatoms. The maximum atomic E-state index is 11.9. The van der Waals surface area contributed by atoms with Crippen molar-refractivity contribution in [3.63, 3.8) is 0 Å². The number of hydrogen-bond acceptors (Lipinski definition) is 3. The van der Waals surface area contributed by atoms with Crippen LogP contribution in [-0.2, 0) is 11.0 Å². The third-order valence-electron chi connectivity index (χ3n) is 2.36. The fourth-order valence-electron chi connectivity index (χ4n) is 1.40. The second kappa shape index (κ2) is 3.38. The molecule has 0 saturated heterocycles. The standard InChI is InChI=1S/C9H8BrN3OS/c10-8-3-11-4-9-7(8)5-13(12-9)15(14)6-1-2-6/h3-6H,1-2H2. The van der Waals surface area contributed by atoms with Crippen molar-refractivity contribution < 1.29 is 4.21 Å². The van der Waals surface area contributed by atoms with E-state index in [1.54, 1.807) is 16.5 Å². The summed E-state index contributed by atoms with van der Waals surface area (Å²) in [5.74, 6) is 0. The van der Waals surface area contributed by atoms with Gasteiger partial charge in [-0.25, -0.2) is 4.21 Å². The van der Waals surface area contributed by atoms with E-state index in [1.807, 2.05) is 6.20 Å². The van der Waals surface area contributed by atoms with E-state index in [9.17, 15) is 4.21 Å². The molecule has 1 aliphatic rings. The van der Waals surface area contributed by atoms with E-state index >= 15 is 0 Å². The molecule has 1 aliphatic carbocycles. The molecule has 2 heterocycles. The fourth-order valence-corrected chi connectivity index (χ4v) is 3.05. The monoisotopic (exact) mass is 285 g/mol. The van der Waals surface area contributed by atoms with Crippen LogP contribution in [0.15, 0.2) is 23.1 Å². The molecule has 15 heavy (non-hydrogen) atoms. The van der Waals surface area contributed by atoms with Gasteiger partial charge in [0.05, 0.1) is 11.4 Å². The molecule has 0 radical (unpaired) electrons. The lowest BCUT2D eigenvalue weighted by Crippen LogP contribution is -2.09. The van der Waals surface area contributed by atoms with Crippen molar-refractivity contribution in [3.8, 4) is 0 Å². The van der Waals surface area contributed by atoms with Crippen molar-refractivity contribution in [3.05, 3.63) is 23.1 Å². The quantitative estimate of drug-likeness (QED) is 0.846. The third kappa shape index (κ3) is 1.61. The second-order valence-electron chi connectivity index (χ2n) is 3.56. The van der Waals surface area contributed by atoms with Crippen LogP contribution in [0.2, 0.25) is 0 Å². The van der Waals surface area contributed by atoms with E-state index < -0.39 is 11.0 Å². The molecule has 0 N–H and O–H groups in total. The molecule has 2 aromatic rings. The molecule has 2 aromatic heterocycles. The van der Waals surface area contributed by atoms with Crippen LogP contribution in [0.3, 0.4) is 0 Å². The Morgan fingerprint density at radius 1 is 1.47 bits per heavy atom. The van der Waals surface area contributed by atoms with Gasteiger partial charge in [0.15, 0.2) is 0 Å². The summed E-state index contributed by atoms with van der Waals surface area (Å²) in [6, 6.07) is 0. The van der Waals surface area contributed by atoms with Crippen LogP contribution in [0.4, 0.5) is 0 Å². The highest BCUT2D eigenvalue weighted by molar-refractivity contribution is 9.10. The lowest BCUT2D eigenvalue weighted by molar-refractivity contribution is 0.671. The third-order valence-corrected chi connectivity index (χ3v) is 4.59. The Morgan fingerprint density at radius 2 is 2.27 bits per heavy atom. The Hall–Kier alpha value is -0.750. The van der Waals surface area contributed by atoms with Crippen molar-refractivity contribution in [2.75, 3.05) is 0 Å². The Morgan fingerprint density at radius 3 is 2.93 bits per heavy atom. The Labute approximate surface area is 97.4 Å². The molecule has 1 unspecified atom stereocenters. The van der Waals surface area contributed by atoms with E-state index in [2.05, 4.69) is 26.0 Å². The summed E-state index contributed by atoms with van der Waals surface area (Å²) in [5, 5.41) is 5.51. The topological polar surface area (TPSA) is 47.8 Å². The fraction of sp³-hybridized carbons (Fsp3) is 0.333. The minimum atomic E-state index is -1.01. The zero-order chi connectivity index (χ0) is 10.4. The second-order valence-corrected chi connectivity index (χ2v) is 6.01. The highest BCUT2D eigenvalue weighted by Crippen LogP contribution is 2.28. The molecule has 4 nitrogen and oxygen atoms in total. The Bertz CT molecular complexity index is 549.